The molecule has 0 amide bonds. The second-order valence-corrected chi connectivity index (χ2v) is 5.15. The molecule has 106 valence electrons. The quantitative estimate of drug-likeness (QED) is 0.903. The summed E-state index contributed by atoms with van der Waals surface area (Å²) in [6.07, 6.45) is 1.17. The number of nitrogens with one attached hydrogen (secondary N) is 1. The molecule has 1 N–H and O–H groups in total. The summed E-state index contributed by atoms with van der Waals surface area (Å²) < 4.78 is 10.7. The van der Waals surface area contributed by atoms with Crippen LogP contribution >= 0.6 is 0 Å². The van der Waals surface area contributed by atoms with Gasteiger partial charge in [0.05, 0.1) is 14.2 Å². The number of benzene rings is 1. The molecule has 4 nitrogen and oxygen atoms in total. The Morgan fingerprint density at radius 2 is 1.95 bits per heavy atom. The van der Waals surface area contributed by atoms with Gasteiger partial charge >= 0.3 is 0 Å². The predicted molar refractivity (Wildman–Crippen MR) is 78.4 cm³/mol. The minimum Gasteiger partial charge on any atom is -0.493 e. The van der Waals surface area contributed by atoms with Gasteiger partial charge in [0.15, 0.2) is 11.5 Å². The molecular formula is C15H24N2O2. The van der Waals surface area contributed by atoms with Crippen molar-refractivity contribution in [1.82, 2.24) is 5.32 Å². The zero-order valence-corrected chi connectivity index (χ0v) is 12.3. The smallest absolute Gasteiger partial charge is 0.162 e. The van der Waals surface area contributed by atoms with Crippen molar-refractivity contribution in [3.8, 4) is 11.5 Å². The van der Waals surface area contributed by atoms with Crippen molar-refractivity contribution in [3.05, 3.63) is 18.2 Å². The summed E-state index contributed by atoms with van der Waals surface area (Å²) in [5.41, 5.74) is 1.21. The fourth-order valence-electron chi connectivity index (χ4n) is 2.83. The first-order chi connectivity index (χ1) is 9.19. The first kappa shape index (κ1) is 14.0. The number of piperidine rings is 1. The number of methoxy groups -OCH3 is 2. The van der Waals surface area contributed by atoms with Crippen molar-refractivity contribution < 1.29 is 9.47 Å². The van der Waals surface area contributed by atoms with Crippen LogP contribution < -0.4 is 19.7 Å². The lowest BCUT2D eigenvalue weighted by atomic mass is 9.93. The number of rotatable bonds is 4. The van der Waals surface area contributed by atoms with Gasteiger partial charge in [-0.2, -0.15) is 0 Å². The molecule has 0 spiro atoms. The highest BCUT2D eigenvalue weighted by atomic mass is 16.5. The van der Waals surface area contributed by atoms with E-state index in [4.69, 9.17) is 9.47 Å². The largest absolute Gasteiger partial charge is 0.493 e. The van der Waals surface area contributed by atoms with E-state index in [1.165, 1.54) is 12.1 Å². The predicted octanol–water partition coefficient (Wildman–Crippen LogP) is 2.14. The molecule has 1 fully saturated rings. The molecule has 2 unspecified atom stereocenters. The van der Waals surface area contributed by atoms with Gasteiger partial charge in [-0.3, -0.25) is 0 Å². The maximum atomic E-state index is 5.37. The van der Waals surface area contributed by atoms with Crippen LogP contribution in [0.25, 0.3) is 0 Å². The van der Waals surface area contributed by atoms with Crippen molar-refractivity contribution in [2.24, 2.45) is 5.92 Å². The molecule has 0 aromatic heterocycles. The highest BCUT2D eigenvalue weighted by Crippen LogP contribution is 2.33. The van der Waals surface area contributed by atoms with Crippen LogP contribution in [0.2, 0.25) is 0 Å². The number of hydrogen-bond donors (Lipinski definition) is 1. The molecular weight excluding hydrogens is 240 g/mol. The van der Waals surface area contributed by atoms with Gasteiger partial charge < -0.3 is 19.7 Å². The third-order valence-corrected chi connectivity index (χ3v) is 4.01. The van der Waals surface area contributed by atoms with Crippen LogP contribution in [0.5, 0.6) is 11.5 Å². The second-order valence-electron chi connectivity index (χ2n) is 5.15. The summed E-state index contributed by atoms with van der Waals surface area (Å²) in [4.78, 5) is 2.42. The van der Waals surface area contributed by atoms with E-state index in [1.54, 1.807) is 14.2 Å². The zero-order valence-electron chi connectivity index (χ0n) is 12.3. The van der Waals surface area contributed by atoms with Crippen molar-refractivity contribution in [3.63, 3.8) is 0 Å². The van der Waals surface area contributed by atoms with Crippen LogP contribution in [0.1, 0.15) is 13.3 Å². The van der Waals surface area contributed by atoms with E-state index in [9.17, 15) is 0 Å². The van der Waals surface area contributed by atoms with Crippen molar-refractivity contribution >= 4 is 5.69 Å². The Balaban J connectivity index is 2.14. The third-order valence-electron chi connectivity index (χ3n) is 4.01. The van der Waals surface area contributed by atoms with Crippen molar-refractivity contribution in [2.75, 3.05) is 39.3 Å². The van der Waals surface area contributed by atoms with Gasteiger partial charge in [0.1, 0.15) is 0 Å². The number of anilines is 1. The number of ether oxygens (including phenoxy) is 2. The minimum absolute atomic E-state index is 0.622. The fraction of sp³-hybridized carbons (Fsp3) is 0.600. The monoisotopic (exact) mass is 264 g/mol. The normalized spacial score (nSPS) is 23.3. The highest BCUT2D eigenvalue weighted by molar-refractivity contribution is 5.56. The molecule has 2 atom stereocenters. The van der Waals surface area contributed by atoms with Crippen molar-refractivity contribution in [2.45, 2.75) is 19.4 Å². The number of hydrogen-bond acceptors (Lipinski definition) is 4. The van der Waals surface area contributed by atoms with E-state index in [1.807, 2.05) is 13.1 Å². The molecule has 19 heavy (non-hydrogen) atoms. The molecule has 4 heteroatoms. The fourth-order valence-corrected chi connectivity index (χ4v) is 2.83. The summed E-state index contributed by atoms with van der Waals surface area (Å²) in [5.74, 6) is 2.22. The molecule has 1 heterocycles. The van der Waals surface area contributed by atoms with E-state index in [0.29, 0.717) is 12.0 Å². The van der Waals surface area contributed by atoms with E-state index in [0.717, 1.165) is 24.6 Å². The molecule has 0 bridgehead atoms. The Bertz CT molecular complexity index is 423. The van der Waals surface area contributed by atoms with Crippen LogP contribution in [0.15, 0.2) is 18.2 Å². The molecule has 0 aliphatic carbocycles. The molecule has 0 radical (unpaired) electrons. The maximum Gasteiger partial charge on any atom is 0.162 e. The minimum atomic E-state index is 0.622. The summed E-state index contributed by atoms with van der Waals surface area (Å²) >= 11 is 0. The summed E-state index contributed by atoms with van der Waals surface area (Å²) in [7, 11) is 5.39. The Labute approximate surface area is 115 Å². The summed E-state index contributed by atoms with van der Waals surface area (Å²) in [5, 5.41) is 3.40. The SMILES string of the molecule is CNC1CCN(c2ccc(OC)c(OC)c2)CC1C. The van der Waals surface area contributed by atoms with Gasteiger partial charge in [-0.25, -0.2) is 0 Å². The van der Waals surface area contributed by atoms with Crippen LogP contribution in [0.4, 0.5) is 5.69 Å². The molecule has 0 saturated carbocycles. The number of nitrogens with zero attached hydrogens (tertiary/aromatic N) is 1. The lowest BCUT2D eigenvalue weighted by Crippen LogP contribution is -2.47. The Kier molecular flexibility index (Phi) is 4.53. The van der Waals surface area contributed by atoms with Gasteiger partial charge in [-0.15, -0.1) is 0 Å². The van der Waals surface area contributed by atoms with Crippen LogP contribution in [-0.4, -0.2) is 40.4 Å². The molecule has 1 aromatic carbocycles. The average molecular weight is 264 g/mol. The van der Waals surface area contributed by atoms with Gasteiger partial charge in [0, 0.05) is 30.9 Å². The van der Waals surface area contributed by atoms with E-state index >= 15 is 0 Å². The van der Waals surface area contributed by atoms with Crippen molar-refractivity contribution in [1.29, 1.82) is 0 Å². The van der Waals surface area contributed by atoms with Gasteiger partial charge in [0.25, 0.3) is 0 Å². The van der Waals surface area contributed by atoms with Crippen LogP contribution in [-0.2, 0) is 0 Å². The summed E-state index contributed by atoms with van der Waals surface area (Å²) in [6, 6.07) is 6.76. The molecule has 1 saturated heterocycles. The third kappa shape index (κ3) is 2.95. The van der Waals surface area contributed by atoms with E-state index in [2.05, 4.69) is 29.3 Å². The summed E-state index contributed by atoms with van der Waals surface area (Å²) in [6.45, 7) is 4.44. The Morgan fingerprint density at radius 3 is 2.53 bits per heavy atom. The van der Waals surface area contributed by atoms with Gasteiger partial charge in [0.2, 0.25) is 0 Å². The zero-order chi connectivity index (χ0) is 13.8. The Morgan fingerprint density at radius 1 is 1.21 bits per heavy atom. The standard InChI is InChI=1S/C15H24N2O2/c1-11-10-17(8-7-13(11)16-2)12-5-6-14(18-3)15(9-12)19-4/h5-6,9,11,13,16H,7-8,10H2,1-4H3. The molecule has 1 aliphatic rings. The van der Waals surface area contributed by atoms with Crippen LogP contribution in [0.3, 0.4) is 0 Å². The van der Waals surface area contributed by atoms with Gasteiger partial charge in [-0.1, -0.05) is 6.92 Å². The maximum absolute atomic E-state index is 5.37. The molecule has 1 aliphatic heterocycles. The first-order valence-corrected chi connectivity index (χ1v) is 6.83. The highest BCUT2D eigenvalue weighted by Gasteiger charge is 2.25. The molecule has 2 rings (SSSR count). The van der Waals surface area contributed by atoms with Gasteiger partial charge in [-0.05, 0) is 31.5 Å². The topological polar surface area (TPSA) is 33.7 Å². The average Bonchev–Trinajstić information content (AvgIpc) is 2.46. The lowest BCUT2D eigenvalue weighted by Gasteiger charge is -2.38. The lowest BCUT2D eigenvalue weighted by molar-refractivity contribution is 0.337. The van der Waals surface area contributed by atoms with E-state index in [-0.39, 0.29) is 0 Å². The molecule has 1 aromatic rings. The van der Waals surface area contributed by atoms with E-state index < -0.39 is 0 Å². The Hall–Kier alpha value is -1.42. The van der Waals surface area contributed by atoms with Crippen LogP contribution in [0, 0.1) is 5.92 Å². The first-order valence-electron chi connectivity index (χ1n) is 6.83. The second kappa shape index (κ2) is 6.15.